The highest BCUT2D eigenvalue weighted by Crippen LogP contribution is 2.42. The van der Waals surface area contributed by atoms with Gasteiger partial charge in [-0.3, -0.25) is 0 Å². The van der Waals surface area contributed by atoms with Gasteiger partial charge in [0.1, 0.15) is 0 Å². The average Bonchev–Trinajstić information content (AvgIpc) is 2.90. The monoisotopic (exact) mass is 264 g/mol. The molecule has 0 aromatic heterocycles. The standard InChI is InChI=1S/C20H24/c1-4-14(2)17-10-11-18(15(3)13-17)20-12-9-16-7-5-6-8-19(16)20/h5-7,10-11,13-14H,4,8-9,12H2,1-3H3. The summed E-state index contributed by atoms with van der Waals surface area (Å²) < 4.78 is 0. The quantitative estimate of drug-likeness (QED) is 0.633. The van der Waals surface area contributed by atoms with E-state index in [1.807, 2.05) is 0 Å². The summed E-state index contributed by atoms with van der Waals surface area (Å²) in [6.45, 7) is 6.86. The molecule has 1 atom stereocenters. The van der Waals surface area contributed by atoms with E-state index in [2.05, 4.69) is 57.2 Å². The Morgan fingerprint density at radius 3 is 2.75 bits per heavy atom. The molecule has 3 rings (SSSR count). The molecule has 0 heteroatoms. The van der Waals surface area contributed by atoms with E-state index in [-0.39, 0.29) is 0 Å². The highest BCUT2D eigenvalue weighted by Gasteiger charge is 2.22. The maximum Gasteiger partial charge on any atom is -0.00886 e. The minimum absolute atomic E-state index is 0.664. The molecule has 0 bridgehead atoms. The molecule has 0 saturated carbocycles. The van der Waals surface area contributed by atoms with E-state index >= 15 is 0 Å². The van der Waals surface area contributed by atoms with E-state index in [1.54, 1.807) is 16.7 Å². The first-order valence-electron chi connectivity index (χ1n) is 7.89. The summed E-state index contributed by atoms with van der Waals surface area (Å²) in [4.78, 5) is 0. The molecule has 0 heterocycles. The summed E-state index contributed by atoms with van der Waals surface area (Å²) in [5.74, 6) is 0.664. The fraction of sp³-hybridized carbons (Fsp3) is 0.400. The summed E-state index contributed by atoms with van der Waals surface area (Å²) in [6.07, 6.45) is 11.6. The molecule has 0 N–H and O–H groups in total. The Hall–Kier alpha value is -1.56. The van der Waals surface area contributed by atoms with E-state index in [0.717, 1.165) is 6.42 Å². The van der Waals surface area contributed by atoms with E-state index in [1.165, 1.54) is 36.0 Å². The Labute approximate surface area is 122 Å². The fourth-order valence-electron chi connectivity index (χ4n) is 3.43. The van der Waals surface area contributed by atoms with Gasteiger partial charge in [0.15, 0.2) is 0 Å². The molecule has 1 aromatic rings. The normalized spacial score (nSPS) is 19.1. The molecule has 0 saturated heterocycles. The van der Waals surface area contributed by atoms with Gasteiger partial charge in [0, 0.05) is 0 Å². The van der Waals surface area contributed by atoms with Crippen LogP contribution < -0.4 is 0 Å². The minimum Gasteiger partial charge on any atom is -0.0801 e. The zero-order valence-electron chi connectivity index (χ0n) is 12.9. The molecule has 0 spiro atoms. The molecule has 1 aromatic carbocycles. The molecule has 20 heavy (non-hydrogen) atoms. The minimum atomic E-state index is 0.664. The van der Waals surface area contributed by atoms with E-state index in [9.17, 15) is 0 Å². The van der Waals surface area contributed by atoms with Gasteiger partial charge in [0.05, 0.1) is 0 Å². The van der Waals surface area contributed by atoms with Gasteiger partial charge in [-0.25, -0.2) is 0 Å². The Bertz CT molecular complexity index is 611. The first-order valence-corrected chi connectivity index (χ1v) is 7.89. The lowest BCUT2D eigenvalue weighted by molar-refractivity contribution is 0.732. The van der Waals surface area contributed by atoms with E-state index in [4.69, 9.17) is 0 Å². The van der Waals surface area contributed by atoms with Gasteiger partial charge < -0.3 is 0 Å². The van der Waals surface area contributed by atoms with Gasteiger partial charge in [0.25, 0.3) is 0 Å². The molecule has 104 valence electrons. The van der Waals surface area contributed by atoms with Crippen LogP contribution in [0.1, 0.15) is 62.1 Å². The number of benzene rings is 1. The van der Waals surface area contributed by atoms with Crippen LogP contribution >= 0.6 is 0 Å². The van der Waals surface area contributed by atoms with E-state index in [0.29, 0.717) is 5.92 Å². The second kappa shape index (κ2) is 5.44. The predicted molar refractivity (Wildman–Crippen MR) is 87.9 cm³/mol. The highest BCUT2D eigenvalue weighted by molar-refractivity contribution is 5.78. The van der Waals surface area contributed by atoms with Gasteiger partial charge in [-0.05, 0) is 71.9 Å². The molecule has 0 radical (unpaired) electrons. The number of aryl methyl sites for hydroxylation is 1. The van der Waals surface area contributed by atoms with Crippen molar-refractivity contribution in [1.29, 1.82) is 0 Å². The third-order valence-electron chi connectivity index (χ3n) is 4.91. The zero-order chi connectivity index (χ0) is 14.1. The molecule has 2 aliphatic carbocycles. The highest BCUT2D eigenvalue weighted by atomic mass is 14.3. The van der Waals surface area contributed by atoms with Crippen LogP contribution in [0.25, 0.3) is 5.57 Å². The summed E-state index contributed by atoms with van der Waals surface area (Å²) in [7, 11) is 0. The summed E-state index contributed by atoms with van der Waals surface area (Å²) in [5.41, 5.74) is 9.15. The number of hydrogen-bond acceptors (Lipinski definition) is 0. The van der Waals surface area contributed by atoms with Gasteiger partial charge in [-0.2, -0.15) is 0 Å². The largest absolute Gasteiger partial charge is 0.0801 e. The second-order valence-electron chi connectivity index (χ2n) is 6.16. The first kappa shape index (κ1) is 13.4. The number of fused-ring (bicyclic) bond motifs is 1. The van der Waals surface area contributed by atoms with Crippen LogP contribution in [0.2, 0.25) is 0 Å². The van der Waals surface area contributed by atoms with Crippen LogP contribution in [0.5, 0.6) is 0 Å². The van der Waals surface area contributed by atoms with Gasteiger partial charge >= 0.3 is 0 Å². The van der Waals surface area contributed by atoms with Crippen molar-refractivity contribution >= 4 is 5.57 Å². The van der Waals surface area contributed by atoms with Crippen molar-refractivity contribution in [1.82, 2.24) is 0 Å². The summed E-state index contributed by atoms with van der Waals surface area (Å²) in [6, 6.07) is 7.10. The molecule has 2 aliphatic rings. The Morgan fingerprint density at radius 1 is 1.15 bits per heavy atom. The summed E-state index contributed by atoms with van der Waals surface area (Å²) >= 11 is 0. The number of hydrogen-bond donors (Lipinski definition) is 0. The molecule has 0 nitrogen and oxygen atoms in total. The Balaban J connectivity index is 2.00. The lowest BCUT2D eigenvalue weighted by Crippen LogP contribution is -1.96. The maximum atomic E-state index is 2.40. The van der Waals surface area contributed by atoms with Crippen LogP contribution in [0.3, 0.4) is 0 Å². The van der Waals surface area contributed by atoms with Crippen LogP contribution in [0, 0.1) is 6.92 Å². The molecule has 0 aliphatic heterocycles. The van der Waals surface area contributed by atoms with Crippen molar-refractivity contribution in [2.45, 2.75) is 52.4 Å². The first-order chi connectivity index (χ1) is 9.70. The van der Waals surface area contributed by atoms with Crippen molar-refractivity contribution < 1.29 is 0 Å². The van der Waals surface area contributed by atoms with Crippen molar-refractivity contribution in [2.75, 3.05) is 0 Å². The van der Waals surface area contributed by atoms with Crippen molar-refractivity contribution in [2.24, 2.45) is 0 Å². The Morgan fingerprint density at radius 2 is 2.00 bits per heavy atom. The topological polar surface area (TPSA) is 0 Å². The number of allylic oxidation sites excluding steroid dienone is 6. The zero-order valence-corrected chi connectivity index (χ0v) is 12.9. The predicted octanol–water partition coefficient (Wildman–Crippen LogP) is 5.94. The third kappa shape index (κ3) is 2.28. The second-order valence-corrected chi connectivity index (χ2v) is 6.16. The molecule has 0 fully saturated rings. The van der Waals surface area contributed by atoms with Crippen molar-refractivity contribution in [3.63, 3.8) is 0 Å². The lowest BCUT2D eigenvalue weighted by Gasteiger charge is -2.15. The smallest absolute Gasteiger partial charge is 0.00886 e. The SMILES string of the molecule is CCC(C)c1ccc(C2=C3CC=CC=C3CC2)c(C)c1. The molecular weight excluding hydrogens is 240 g/mol. The molecular formula is C20H24. The number of rotatable bonds is 3. The van der Waals surface area contributed by atoms with Crippen LogP contribution in [0.15, 0.2) is 47.6 Å². The van der Waals surface area contributed by atoms with Gasteiger partial charge in [-0.1, -0.05) is 50.3 Å². The van der Waals surface area contributed by atoms with Crippen LogP contribution in [-0.2, 0) is 0 Å². The Kier molecular flexibility index (Phi) is 3.65. The average molecular weight is 264 g/mol. The van der Waals surface area contributed by atoms with Crippen molar-refractivity contribution in [3.8, 4) is 0 Å². The fourth-order valence-corrected chi connectivity index (χ4v) is 3.43. The lowest BCUT2D eigenvalue weighted by atomic mass is 9.90. The molecule has 1 unspecified atom stereocenters. The van der Waals surface area contributed by atoms with Gasteiger partial charge in [0.2, 0.25) is 0 Å². The summed E-state index contributed by atoms with van der Waals surface area (Å²) in [5, 5.41) is 0. The maximum absolute atomic E-state index is 2.40. The van der Waals surface area contributed by atoms with Crippen LogP contribution in [0.4, 0.5) is 0 Å². The van der Waals surface area contributed by atoms with Crippen molar-refractivity contribution in [3.05, 3.63) is 64.3 Å². The van der Waals surface area contributed by atoms with Gasteiger partial charge in [-0.15, -0.1) is 0 Å². The third-order valence-corrected chi connectivity index (χ3v) is 4.91. The van der Waals surface area contributed by atoms with E-state index < -0.39 is 0 Å². The van der Waals surface area contributed by atoms with Crippen LogP contribution in [-0.4, -0.2) is 0 Å². The molecule has 0 amide bonds.